The molecule has 1 rings (SSSR count). The summed E-state index contributed by atoms with van der Waals surface area (Å²) in [6, 6.07) is 5.89. The van der Waals surface area contributed by atoms with E-state index in [1.807, 2.05) is 25.1 Å². The van der Waals surface area contributed by atoms with Gasteiger partial charge in [-0.1, -0.05) is 45.7 Å². The van der Waals surface area contributed by atoms with Crippen LogP contribution in [0.25, 0.3) is 0 Å². The first-order valence-corrected chi connectivity index (χ1v) is 6.63. The molecule has 0 heterocycles. The van der Waals surface area contributed by atoms with Gasteiger partial charge >= 0.3 is 0 Å². The van der Waals surface area contributed by atoms with Gasteiger partial charge in [0.15, 0.2) is 0 Å². The van der Waals surface area contributed by atoms with Crippen molar-refractivity contribution in [1.82, 2.24) is 5.32 Å². The van der Waals surface area contributed by atoms with Crippen LogP contribution in [0.1, 0.15) is 12.5 Å². The second kappa shape index (κ2) is 7.88. The van der Waals surface area contributed by atoms with E-state index in [2.05, 4.69) is 27.8 Å². The van der Waals surface area contributed by atoms with E-state index in [0.29, 0.717) is 13.2 Å². The SMILES string of the molecule is C=C(C)COCCNCc1ccc(Br)cc1Cl. The van der Waals surface area contributed by atoms with Crippen LogP contribution in [0, 0.1) is 0 Å². The van der Waals surface area contributed by atoms with Crippen molar-refractivity contribution < 1.29 is 4.74 Å². The van der Waals surface area contributed by atoms with Gasteiger partial charge in [-0.15, -0.1) is 0 Å². The molecule has 0 saturated heterocycles. The standard InChI is InChI=1S/C13H17BrClNO/c1-10(2)9-17-6-5-16-8-11-3-4-12(14)7-13(11)15/h3-4,7,16H,1,5-6,8-9H2,2H3. The largest absolute Gasteiger partial charge is 0.376 e. The average Bonchev–Trinajstić information content (AvgIpc) is 2.25. The molecule has 17 heavy (non-hydrogen) atoms. The predicted molar refractivity (Wildman–Crippen MR) is 76.5 cm³/mol. The molecule has 1 N–H and O–H groups in total. The molecule has 1 aromatic rings. The quantitative estimate of drug-likeness (QED) is 0.610. The number of hydrogen-bond donors (Lipinski definition) is 1. The number of ether oxygens (including phenoxy) is 1. The fourth-order valence-corrected chi connectivity index (χ4v) is 2.02. The lowest BCUT2D eigenvalue weighted by Crippen LogP contribution is -2.19. The lowest BCUT2D eigenvalue weighted by molar-refractivity contribution is 0.158. The Morgan fingerprint density at radius 2 is 2.29 bits per heavy atom. The van der Waals surface area contributed by atoms with Crippen molar-refractivity contribution >= 4 is 27.5 Å². The first kappa shape index (κ1) is 14.7. The summed E-state index contributed by atoms with van der Waals surface area (Å²) >= 11 is 9.48. The summed E-state index contributed by atoms with van der Waals surface area (Å²) in [7, 11) is 0. The van der Waals surface area contributed by atoms with Gasteiger partial charge in [0, 0.05) is 22.6 Å². The molecule has 4 heteroatoms. The lowest BCUT2D eigenvalue weighted by atomic mass is 10.2. The highest BCUT2D eigenvalue weighted by Gasteiger charge is 2.00. The Bertz CT molecular complexity index is 382. The van der Waals surface area contributed by atoms with Gasteiger partial charge in [-0.3, -0.25) is 0 Å². The minimum absolute atomic E-state index is 0.626. The van der Waals surface area contributed by atoms with Gasteiger partial charge in [0.2, 0.25) is 0 Å². The number of halogens is 2. The number of rotatable bonds is 7. The zero-order valence-electron chi connectivity index (χ0n) is 9.93. The van der Waals surface area contributed by atoms with Crippen molar-refractivity contribution in [3.8, 4) is 0 Å². The van der Waals surface area contributed by atoms with Crippen LogP contribution in [0.2, 0.25) is 5.02 Å². The van der Waals surface area contributed by atoms with Crippen molar-refractivity contribution in [2.24, 2.45) is 0 Å². The van der Waals surface area contributed by atoms with E-state index in [-0.39, 0.29) is 0 Å². The van der Waals surface area contributed by atoms with E-state index < -0.39 is 0 Å². The Morgan fingerprint density at radius 3 is 2.94 bits per heavy atom. The molecule has 0 saturated carbocycles. The summed E-state index contributed by atoms with van der Waals surface area (Å²) in [4.78, 5) is 0. The molecular formula is C13H17BrClNO. The Kier molecular flexibility index (Phi) is 6.82. The molecule has 0 amide bonds. The van der Waals surface area contributed by atoms with Crippen LogP contribution in [-0.2, 0) is 11.3 Å². The zero-order valence-corrected chi connectivity index (χ0v) is 12.3. The fourth-order valence-electron chi connectivity index (χ4n) is 1.28. The Balaban J connectivity index is 2.20. The Morgan fingerprint density at radius 1 is 1.53 bits per heavy atom. The van der Waals surface area contributed by atoms with E-state index in [4.69, 9.17) is 16.3 Å². The molecule has 0 aromatic heterocycles. The second-order valence-corrected chi connectivity index (χ2v) is 5.25. The molecule has 0 aliphatic heterocycles. The van der Waals surface area contributed by atoms with Crippen LogP contribution in [-0.4, -0.2) is 19.8 Å². The van der Waals surface area contributed by atoms with E-state index >= 15 is 0 Å². The number of benzene rings is 1. The minimum atomic E-state index is 0.626. The lowest BCUT2D eigenvalue weighted by Gasteiger charge is -2.07. The van der Waals surface area contributed by atoms with Gasteiger partial charge in [0.1, 0.15) is 0 Å². The van der Waals surface area contributed by atoms with Crippen LogP contribution in [0.5, 0.6) is 0 Å². The normalized spacial score (nSPS) is 10.5. The molecule has 0 atom stereocenters. The highest BCUT2D eigenvalue weighted by molar-refractivity contribution is 9.10. The van der Waals surface area contributed by atoms with Crippen LogP contribution in [0.4, 0.5) is 0 Å². The molecule has 0 aliphatic carbocycles. The average molecular weight is 319 g/mol. The van der Waals surface area contributed by atoms with Crippen molar-refractivity contribution in [2.45, 2.75) is 13.5 Å². The smallest absolute Gasteiger partial charge is 0.0672 e. The maximum absolute atomic E-state index is 6.10. The topological polar surface area (TPSA) is 21.3 Å². The molecule has 1 aromatic carbocycles. The fraction of sp³-hybridized carbons (Fsp3) is 0.385. The summed E-state index contributed by atoms with van der Waals surface area (Å²) in [5.74, 6) is 0. The molecule has 0 aliphatic rings. The van der Waals surface area contributed by atoms with Gasteiger partial charge in [0.25, 0.3) is 0 Å². The maximum atomic E-state index is 6.10. The molecule has 2 nitrogen and oxygen atoms in total. The van der Waals surface area contributed by atoms with Crippen molar-refractivity contribution in [3.05, 3.63) is 45.4 Å². The van der Waals surface area contributed by atoms with Gasteiger partial charge in [-0.05, 0) is 24.6 Å². The molecule has 0 bridgehead atoms. The summed E-state index contributed by atoms with van der Waals surface area (Å²) in [5.41, 5.74) is 2.13. The highest BCUT2D eigenvalue weighted by Crippen LogP contribution is 2.20. The molecule has 94 valence electrons. The van der Waals surface area contributed by atoms with E-state index in [0.717, 1.165) is 33.7 Å². The zero-order chi connectivity index (χ0) is 12.7. The second-order valence-electron chi connectivity index (χ2n) is 3.92. The summed E-state index contributed by atoms with van der Waals surface area (Å²) in [6.45, 7) is 8.59. The van der Waals surface area contributed by atoms with Gasteiger partial charge in [-0.2, -0.15) is 0 Å². The van der Waals surface area contributed by atoms with E-state index in [1.165, 1.54) is 0 Å². The summed E-state index contributed by atoms with van der Waals surface area (Å²) < 4.78 is 6.38. The van der Waals surface area contributed by atoms with Crippen LogP contribution in [0.15, 0.2) is 34.8 Å². The highest BCUT2D eigenvalue weighted by atomic mass is 79.9. The molecule has 0 spiro atoms. The van der Waals surface area contributed by atoms with Gasteiger partial charge in [-0.25, -0.2) is 0 Å². The minimum Gasteiger partial charge on any atom is -0.376 e. The summed E-state index contributed by atoms with van der Waals surface area (Å²) in [5, 5.41) is 4.05. The Labute approximate surface area is 116 Å². The molecule has 0 fully saturated rings. The van der Waals surface area contributed by atoms with Crippen molar-refractivity contribution in [2.75, 3.05) is 19.8 Å². The third-order valence-electron chi connectivity index (χ3n) is 2.10. The van der Waals surface area contributed by atoms with Crippen LogP contribution in [0.3, 0.4) is 0 Å². The maximum Gasteiger partial charge on any atom is 0.0672 e. The summed E-state index contributed by atoms with van der Waals surface area (Å²) in [6.07, 6.45) is 0. The van der Waals surface area contributed by atoms with Crippen molar-refractivity contribution in [3.63, 3.8) is 0 Å². The number of hydrogen-bond acceptors (Lipinski definition) is 2. The molecule has 0 unspecified atom stereocenters. The van der Waals surface area contributed by atoms with Gasteiger partial charge < -0.3 is 10.1 Å². The predicted octanol–water partition coefficient (Wildman–Crippen LogP) is 3.78. The Hall–Kier alpha value is -0.350. The molecule has 0 radical (unpaired) electrons. The third kappa shape index (κ3) is 6.22. The van der Waals surface area contributed by atoms with Crippen LogP contribution < -0.4 is 5.32 Å². The van der Waals surface area contributed by atoms with Crippen molar-refractivity contribution in [1.29, 1.82) is 0 Å². The first-order chi connectivity index (χ1) is 8.09. The number of nitrogens with one attached hydrogen (secondary N) is 1. The monoisotopic (exact) mass is 317 g/mol. The molecular weight excluding hydrogens is 302 g/mol. The van der Waals surface area contributed by atoms with E-state index in [9.17, 15) is 0 Å². The first-order valence-electron chi connectivity index (χ1n) is 5.46. The van der Waals surface area contributed by atoms with Crippen LogP contribution >= 0.6 is 27.5 Å². The van der Waals surface area contributed by atoms with Gasteiger partial charge in [0.05, 0.1) is 13.2 Å². The third-order valence-corrected chi connectivity index (χ3v) is 2.95. The van der Waals surface area contributed by atoms with E-state index in [1.54, 1.807) is 0 Å².